The maximum atomic E-state index is 4.67. The largest absolute Gasteiger partial charge is 0.308 e. The number of aromatic nitrogens is 1. The predicted molar refractivity (Wildman–Crippen MR) is 84.8 cm³/mol. The second-order valence-electron chi connectivity index (χ2n) is 6.11. The molecule has 1 N–H and O–H groups in total. The van der Waals surface area contributed by atoms with Crippen LogP contribution in [0, 0.1) is 6.92 Å². The second kappa shape index (κ2) is 6.68. The molecule has 1 aliphatic rings. The van der Waals surface area contributed by atoms with E-state index in [2.05, 4.69) is 61.1 Å². The van der Waals surface area contributed by atoms with Crippen molar-refractivity contribution in [3.05, 3.63) is 29.6 Å². The van der Waals surface area contributed by atoms with E-state index in [4.69, 9.17) is 0 Å². The maximum Gasteiger partial charge on any atom is 0.0547 e. The molecule has 1 unspecified atom stereocenters. The number of pyridine rings is 1. The highest BCUT2D eigenvalue weighted by Crippen LogP contribution is 2.25. The highest BCUT2D eigenvalue weighted by molar-refractivity contribution is 5.10. The monoisotopic (exact) mass is 275 g/mol. The van der Waals surface area contributed by atoms with Gasteiger partial charge in [0.05, 0.1) is 5.69 Å². The van der Waals surface area contributed by atoms with Crippen molar-refractivity contribution in [2.45, 2.75) is 65.1 Å². The molecule has 0 amide bonds. The molecule has 2 rings (SSSR count). The third-order valence-corrected chi connectivity index (χ3v) is 4.87. The summed E-state index contributed by atoms with van der Waals surface area (Å²) in [7, 11) is 0. The van der Waals surface area contributed by atoms with Crippen LogP contribution in [0.5, 0.6) is 0 Å². The molecule has 0 spiro atoms. The SMILES string of the molecule is CCC1CNC(CC)(CC)CN1Cc1cccc(C)n1. The van der Waals surface area contributed by atoms with Gasteiger partial charge in [0.1, 0.15) is 0 Å². The fraction of sp³-hybridized carbons (Fsp3) is 0.706. The molecule has 1 atom stereocenters. The molecule has 2 heterocycles. The Kier molecular flexibility index (Phi) is 5.17. The van der Waals surface area contributed by atoms with Gasteiger partial charge in [-0.15, -0.1) is 0 Å². The van der Waals surface area contributed by atoms with Crippen LogP contribution >= 0.6 is 0 Å². The van der Waals surface area contributed by atoms with Crippen molar-refractivity contribution in [1.82, 2.24) is 15.2 Å². The van der Waals surface area contributed by atoms with Gasteiger partial charge in [0, 0.05) is 36.9 Å². The Hall–Kier alpha value is -0.930. The third-order valence-electron chi connectivity index (χ3n) is 4.87. The van der Waals surface area contributed by atoms with Gasteiger partial charge >= 0.3 is 0 Å². The first-order valence-electron chi connectivity index (χ1n) is 8.04. The van der Waals surface area contributed by atoms with Crippen molar-refractivity contribution in [1.29, 1.82) is 0 Å². The van der Waals surface area contributed by atoms with Crippen molar-refractivity contribution in [3.8, 4) is 0 Å². The summed E-state index contributed by atoms with van der Waals surface area (Å²) < 4.78 is 0. The lowest BCUT2D eigenvalue weighted by Gasteiger charge is -2.47. The predicted octanol–water partition coefficient (Wildman–Crippen LogP) is 3.13. The summed E-state index contributed by atoms with van der Waals surface area (Å²) in [6.07, 6.45) is 3.58. The number of piperazine rings is 1. The van der Waals surface area contributed by atoms with Crippen molar-refractivity contribution < 1.29 is 0 Å². The number of hydrogen-bond acceptors (Lipinski definition) is 3. The molecule has 1 aromatic rings. The first-order valence-corrected chi connectivity index (χ1v) is 8.04. The molecule has 0 radical (unpaired) electrons. The van der Waals surface area contributed by atoms with E-state index in [-0.39, 0.29) is 5.54 Å². The summed E-state index contributed by atoms with van der Waals surface area (Å²) in [5.41, 5.74) is 2.60. The molecule has 3 heteroatoms. The number of aryl methyl sites for hydroxylation is 1. The zero-order chi connectivity index (χ0) is 14.6. The minimum Gasteiger partial charge on any atom is -0.308 e. The summed E-state index contributed by atoms with van der Waals surface area (Å²) in [6.45, 7) is 12.2. The molecule has 0 aromatic carbocycles. The fourth-order valence-corrected chi connectivity index (χ4v) is 3.24. The summed E-state index contributed by atoms with van der Waals surface area (Å²) >= 11 is 0. The van der Waals surface area contributed by atoms with Crippen molar-refractivity contribution in [3.63, 3.8) is 0 Å². The van der Waals surface area contributed by atoms with Crippen LogP contribution in [0.25, 0.3) is 0 Å². The standard InChI is InChI=1S/C17H29N3/c1-5-16-11-18-17(6-2,7-3)13-20(16)12-15-10-8-9-14(4)19-15/h8-10,16,18H,5-7,11-13H2,1-4H3. The van der Waals surface area contributed by atoms with Gasteiger partial charge in [0.15, 0.2) is 0 Å². The molecule has 1 aromatic heterocycles. The van der Waals surface area contributed by atoms with E-state index in [1.165, 1.54) is 25.0 Å². The molecule has 1 saturated heterocycles. The lowest BCUT2D eigenvalue weighted by Crippen LogP contribution is -2.63. The Bertz CT molecular complexity index is 426. The van der Waals surface area contributed by atoms with E-state index in [0.29, 0.717) is 6.04 Å². The highest BCUT2D eigenvalue weighted by atomic mass is 15.3. The molecule has 1 aliphatic heterocycles. The van der Waals surface area contributed by atoms with Crippen molar-refractivity contribution >= 4 is 0 Å². The fourth-order valence-electron chi connectivity index (χ4n) is 3.24. The van der Waals surface area contributed by atoms with Gasteiger partial charge in [0.25, 0.3) is 0 Å². The van der Waals surface area contributed by atoms with Crippen molar-refractivity contribution in [2.24, 2.45) is 0 Å². The number of nitrogens with zero attached hydrogens (tertiary/aromatic N) is 2. The second-order valence-corrected chi connectivity index (χ2v) is 6.11. The normalized spacial score (nSPS) is 22.9. The summed E-state index contributed by atoms with van der Waals surface area (Å²) in [5.74, 6) is 0. The Morgan fingerprint density at radius 3 is 2.65 bits per heavy atom. The lowest BCUT2D eigenvalue weighted by molar-refractivity contribution is 0.0633. The van der Waals surface area contributed by atoms with Gasteiger partial charge < -0.3 is 5.32 Å². The number of nitrogens with one attached hydrogen (secondary N) is 1. The van der Waals surface area contributed by atoms with Crippen LogP contribution < -0.4 is 5.32 Å². The van der Waals surface area contributed by atoms with E-state index in [1.54, 1.807) is 0 Å². The van der Waals surface area contributed by atoms with Gasteiger partial charge in [-0.3, -0.25) is 9.88 Å². The lowest BCUT2D eigenvalue weighted by atomic mass is 9.88. The molecule has 0 saturated carbocycles. The number of hydrogen-bond donors (Lipinski definition) is 1. The molecule has 112 valence electrons. The molecular weight excluding hydrogens is 246 g/mol. The maximum absolute atomic E-state index is 4.67. The van der Waals surface area contributed by atoms with Crippen LogP contribution in [0.15, 0.2) is 18.2 Å². The zero-order valence-electron chi connectivity index (χ0n) is 13.4. The van der Waals surface area contributed by atoms with Gasteiger partial charge in [-0.1, -0.05) is 26.8 Å². The van der Waals surface area contributed by atoms with Crippen LogP contribution in [-0.2, 0) is 6.54 Å². The van der Waals surface area contributed by atoms with Crippen LogP contribution in [0.2, 0.25) is 0 Å². The average molecular weight is 275 g/mol. The Morgan fingerprint density at radius 2 is 2.05 bits per heavy atom. The molecule has 1 fully saturated rings. The minimum absolute atomic E-state index is 0.287. The quantitative estimate of drug-likeness (QED) is 0.895. The molecule has 0 aliphatic carbocycles. The summed E-state index contributed by atoms with van der Waals surface area (Å²) in [6, 6.07) is 6.97. The smallest absolute Gasteiger partial charge is 0.0547 e. The zero-order valence-corrected chi connectivity index (χ0v) is 13.4. The van der Waals surface area contributed by atoms with Crippen molar-refractivity contribution in [2.75, 3.05) is 13.1 Å². The Labute approximate surface area is 123 Å². The first kappa shape index (κ1) is 15.5. The highest BCUT2D eigenvalue weighted by Gasteiger charge is 2.35. The molecule has 20 heavy (non-hydrogen) atoms. The third kappa shape index (κ3) is 3.39. The first-order chi connectivity index (χ1) is 9.62. The topological polar surface area (TPSA) is 28.2 Å². The van der Waals surface area contributed by atoms with Gasteiger partial charge in [-0.2, -0.15) is 0 Å². The van der Waals surface area contributed by atoms with E-state index in [0.717, 1.165) is 25.3 Å². The Morgan fingerprint density at radius 1 is 1.30 bits per heavy atom. The molecule has 3 nitrogen and oxygen atoms in total. The Balaban J connectivity index is 2.13. The van der Waals surface area contributed by atoms with E-state index < -0.39 is 0 Å². The van der Waals surface area contributed by atoms with Gasteiger partial charge in [0.2, 0.25) is 0 Å². The molecular formula is C17H29N3. The minimum atomic E-state index is 0.287. The number of rotatable bonds is 5. The van der Waals surface area contributed by atoms with E-state index in [1.807, 2.05) is 0 Å². The summed E-state index contributed by atoms with van der Waals surface area (Å²) in [4.78, 5) is 7.30. The van der Waals surface area contributed by atoms with E-state index >= 15 is 0 Å². The summed E-state index contributed by atoms with van der Waals surface area (Å²) in [5, 5.41) is 3.80. The molecule has 0 bridgehead atoms. The van der Waals surface area contributed by atoms with Crippen LogP contribution in [-0.4, -0.2) is 34.6 Å². The van der Waals surface area contributed by atoms with Crippen LogP contribution in [0.3, 0.4) is 0 Å². The van der Waals surface area contributed by atoms with E-state index in [9.17, 15) is 0 Å². The average Bonchev–Trinajstić information content (AvgIpc) is 2.47. The van der Waals surface area contributed by atoms with Crippen LogP contribution in [0.4, 0.5) is 0 Å². The van der Waals surface area contributed by atoms with Crippen LogP contribution in [0.1, 0.15) is 51.4 Å². The van der Waals surface area contributed by atoms with Gasteiger partial charge in [-0.25, -0.2) is 0 Å². The van der Waals surface area contributed by atoms with Gasteiger partial charge in [-0.05, 0) is 38.3 Å².